The number of amides is 1. The molecule has 6 heteroatoms. The van der Waals surface area contributed by atoms with Crippen molar-refractivity contribution in [3.8, 4) is 5.75 Å². The molecule has 20 heavy (non-hydrogen) atoms. The lowest BCUT2D eigenvalue weighted by atomic mass is 10.2. The van der Waals surface area contributed by atoms with E-state index in [4.69, 9.17) is 9.47 Å². The first kappa shape index (κ1) is 14.5. The molecule has 0 unspecified atom stereocenters. The number of aromatic nitrogens is 1. The molecule has 1 heterocycles. The first-order valence-electron chi connectivity index (χ1n) is 6.21. The normalized spacial score (nSPS) is 10.3. The van der Waals surface area contributed by atoms with Gasteiger partial charge in [0.2, 0.25) is 0 Å². The van der Waals surface area contributed by atoms with Crippen molar-refractivity contribution in [2.75, 3.05) is 19.0 Å². The average Bonchev–Trinajstić information content (AvgIpc) is 2.87. The van der Waals surface area contributed by atoms with E-state index in [0.717, 1.165) is 4.88 Å². The topological polar surface area (TPSA) is 60.5 Å². The van der Waals surface area contributed by atoms with E-state index in [9.17, 15) is 4.79 Å². The van der Waals surface area contributed by atoms with Crippen LogP contribution in [0.5, 0.6) is 5.75 Å². The number of methoxy groups -OCH3 is 1. The molecule has 0 saturated carbocycles. The second kappa shape index (κ2) is 7.02. The van der Waals surface area contributed by atoms with E-state index >= 15 is 0 Å². The van der Waals surface area contributed by atoms with Crippen LogP contribution < -0.4 is 10.1 Å². The van der Waals surface area contributed by atoms with Crippen LogP contribution in [0.1, 0.15) is 22.2 Å². The van der Waals surface area contributed by atoms with E-state index < -0.39 is 0 Å². The molecule has 2 rings (SSSR count). The molecule has 2 aromatic rings. The van der Waals surface area contributed by atoms with Gasteiger partial charge in [0.05, 0.1) is 23.7 Å². The summed E-state index contributed by atoms with van der Waals surface area (Å²) in [6.07, 6.45) is 1.69. The van der Waals surface area contributed by atoms with Crippen molar-refractivity contribution < 1.29 is 14.3 Å². The maximum Gasteiger partial charge on any atom is 0.261 e. The minimum absolute atomic E-state index is 0.229. The molecule has 0 fully saturated rings. The number of para-hydroxylation sites is 1. The minimum Gasteiger partial charge on any atom is -0.493 e. The molecular weight excluding hydrogens is 276 g/mol. The lowest BCUT2D eigenvalue weighted by Crippen LogP contribution is -2.13. The highest BCUT2D eigenvalue weighted by Gasteiger charge is 2.13. The smallest absolute Gasteiger partial charge is 0.261 e. The van der Waals surface area contributed by atoms with Crippen molar-refractivity contribution >= 4 is 22.4 Å². The van der Waals surface area contributed by atoms with Gasteiger partial charge in [0.15, 0.2) is 5.13 Å². The maximum atomic E-state index is 12.2. The number of nitrogens with zero attached hydrogens (tertiary/aromatic N) is 1. The number of ether oxygens (including phenoxy) is 2. The number of nitrogens with one attached hydrogen (secondary N) is 1. The predicted molar refractivity (Wildman–Crippen MR) is 78.4 cm³/mol. The summed E-state index contributed by atoms with van der Waals surface area (Å²) in [6, 6.07) is 7.14. The van der Waals surface area contributed by atoms with Gasteiger partial charge in [0, 0.05) is 13.3 Å². The van der Waals surface area contributed by atoms with Crippen LogP contribution in [0.2, 0.25) is 0 Å². The van der Waals surface area contributed by atoms with E-state index in [-0.39, 0.29) is 5.91 Å². The third-order valence-corrected chi connectivity index (χ3v) is 3.38. The summed E-state index contributed by atoms with van der Waals surface area (Å²) in [5, 5.41) is 3.32. The fraction of sp³-hybridized carbons (Fsp3) is 0.286. The highest BCUT2D eigenvalue weighted by Crippen LogP contribution is 2.22. The van der Waals surface area contributed by atoms with Gasteiger partial charge in [-0.05, 0) is 19.1 Å². The molecule has 0 aliphatic rings. The Labute approximate surface area is 121 Å². The lowest BCUT2D eigenvalue weighted by molar-refractivity contribution is 0.102. The van der Waals surface area contributed by atoms with Gasteiger partial charge < -0.3 is 9.47 Å². The van der Waals surface area contributed by atoms with Crippen LogP contribution in [0, 0.1) is 0 Å². The number of carbonyl (C=O) groups excluding carboxylic acids is 1. The first-order valence-corrected chi connectivity index (χ1v) is 7.03. The Bertz CT molecular complexity index is 583. The molecule has 1 aromatic heterocycles. The maximum absolute atomic E-state index is 12.2. The van der Waals surface area contributed by atoms with Gasteiger partial charge in [0.1, 0.15) is 5.75 Å². The molecule has 1 aromatic carbocycles. The van der Waals surface area contributed by atoms with Gasteiger partial charge in [0.25, 0.3) is 5.91 Å². The van der Waals surface area contributed by atoms with Crippen LogP contribution in [0.4, 0.5) is 5.13 Å². The molecule has 1 amide bonds. The lowest BCUT2D eigenvalue weighted by Gasteiger charge is -2.08. The second-order valence-electron chi connectivity index (χ2n) is 3.95. The van der Waals surface area contributed by atoms with Crippen LogP contribution >= 0.6 is 11.3 Å². The van der Waals surface area contributed by atoms with E-state index in [2.05, 4.69) is 10.3 Å². The van der Waals surface area contributed by atoms with Gasteiger partial charge in [-0.2, -0.15) is 0 Å². The quantitative estimate of drug-likeness (QED) is 0.889. The number of carbonyl (C=O) groups is 1. The summed E-state index contributed by atoms with van der Waals surface area (Å²) in [7, 11) is 1.62. The van der Waals surface area contributed by atoms with Gasteiger partial charge in [-0.25, -0.2) is 4.98 Å². The number of benzene rings is 1. The molecule has 0 atom stereocenters. The number of thiazole rings is 1. The minimum atomic E-state index is -0.229. The number of hydrogen-bond donors (Lipinski definition) is 1. The highest BCUT2D eigenvalue weighted by atomic mass is 32.1. The van der Waals surface area contributed by atoms with Crippen LogP contribution in [0.25, 0.3) is 0 Å². The van der Waals surface area contributed by atoms with Crippen molar-refractivity contribution in [2.24, 2.45) is 0 Å². The zero-order valence-electron chi connectivity index (χ0n) is 11.4. The summed E-state index contributed by atoms with van der Waals surface area (Å²) in [5.74, 6) is 0.341. The highest BCUT2D eigenvalue weighted by molar-refractivity contribution is 7.15. The van der Waals surface area contributed by atoms with Crippen molar-refractivity contribution in [3.05, 3.63) is 40.9 Å². The summed E-state index contributed by atoms with van der Waals surface area (Å²) in [5.41, 5.74) is 0.498. The number of anilines is 1. The van der Waals surface area contributed by atoms with Crippen molar-refractivity contribution in [1.29, 1.82) is 0 Å². The third kappa shape index (κ3) is 3.55. The van der Waals surface area contributed by atoms with Crippen LogP contribution in [-0.4, -0.2) is 24.6 Å². The average molecular weight is 292 g/mol. The van der Waals surface area contributed by atoms with Crippen molar-refractivity contribution in [1.82, 2.24) is 4.98 Å². The predicted octanol–water partition coefficient (Wildman–Crippen LogP) is 2.94. The van der Waals surface area contributed by atoms with E-state index in [0.29, 0.717) is 29.7 Å². The van der Waals surface area contributed by atoms with E-state index in [1.165, 1.54) is 11.3 Å². The molecule has 0 aliphatic heterocycles. The molecule has 5 nitrogen and oxygen atoms in total. The zero-order valence-corrected chi connectivity index (χ0v) is 12.2. The fourth-order valence-corrected chi connectivity index (χ4v) is 2.45. The third-order valence-electron chi connectivity index (χ3n) is 2.49. The van der Waals surface area contributed by atoms with E-state index in [1.807, 2.05) is 13.0 Å². The molecule has 0 aliphatic carbocycles. The largest absolute Gasteiger partial charge is 0.493 e. The number of rotatable bonds is 6. The van der Waals surface area contributed by atoms with Gasteiger partial charge in [-0.15, -0.1) is 0 Å². The Balaban J connectivity index is 2.11. The summed E-state index contributed by atoms with van der Waals surface area (Å²) in [6.45, 7) is 2.88. The van der Waals surface area contributed by atoms with Gasteiger partial charge >= 0.3 is 0 Å². The van der Waals surface area contributed by atoms with Crippen molar-refractivity contribution in [3.63, 3.8) is 0 Å². The summed E-state index contributed by atoms with van der Waals surface area (Å²) in [4.78, 5) is 17.3. The van der Waals surface area contributed by atoms with Crippen LogP contribution in [0.15, 0.2) is 30.5 Å². The van der Waals surface area contributed by atoms with Crippen LogP contribution in [0.3, 0.4) is 0 Å². The molecule has 106 valence electrons. The first-order chi connectivity index (χ1) is 9.74. The zero-order chi connectivity index (χ0) is 14.4. The Morgan fingerprint density at radius 3 is 2.95 bits per heavy atom. The molecular formula is C14H16N2O3S. The van der Waals surface area contributed by atoms with Crippen LogP contribution in [-0.2, 0) is 11.3 Å². The van der Waals surface area contributed by atoms with Crippen molar-refractivity contribution in [2.45, 2.75) is 13.5 Å². The van der Waals surface area contributed by atoms with Gasteiger partial charge in [-0.1, -0.05) is 23.5 Å². The fourth-order valence-electron chi connectivity index (χ4n) is 1.67. The Hall–Kier alpha value is -1.92. The van der Waals surface area contributed by atoms with Gasteiger partial charge in [-0.3, -0.25) is 10.1 Å². The SMILES string of the molecule is CCOc1ccccc1C(=O)Nc1ncc(COC)s1. The van der Waals surface area contributed by atoms with E-state index in [1.54, 1.807) is 31.5 Å². The standard InChI is InChI=1S/C14H16N2O3S/c1-3-19-12-7-5-4-6-11(12)13(17)16-14-15-8-10(20-14)9-18-2/h4-8H,3,9H2,1-2H3,(H,15,16,17). The Morgan fingerprint density at radius 2 is 2.20 bits per heavy atom. The molecule has 0 spiro atoms. The second-order valence-corrected chi connectivity index (χ2v) is 5.06. The number of hydrogen-bond acceptors (Lipinski definition) is 5. The molecule has 1 N–H and O–H groups in total. The molecule has 0 saturated heterocycles. The summed E-state index contributed by atoms with van der Waals surface area (Å²) < 4.78 is 10.5. The molecule has 0 radical (unpaired) electrons. The monoisotopic (exact) mass is 292 g/mol. The summed E-state index contributed by atoms with van der Waals surface area (Å²) >= 11 is 1.39. The Morgan fingerprint density at radius 1 is 1.40 bits per heavy atom. The molecule has 0 bridgehead atoms. The Kier molecular flexibility index (Phi) is 5.09.